The molecule has 0 saturated heterocycles. The van der Waals surface area contributed by atoms with Gasteiger partial charge in [-0.2, -0.15) is 13.2 Å². The molecule has 1 aromatic rings. The maximum absolute atomic E-state index is 13.3. The first-order valence-electron chi connectivity index (χ1n) is 11.6. The molecule has 8 nitrogen and oxygen atoms in total. The number of likely N-dealkylation sites (N-methyl/N-ethyl adjacent to an activating group) is 1. The highest BCUT2D eigenvalue weighted by atomic mass is 35.5. The summed E-state index contributed by atoms with van der Waals surface area (Å²) in [5, 5.41) is 17.0. The zero-order valence-corrected chi connectivity index (χ0v) is 22.1. The lowest BCUT2D eigenvalue weighted by molar-refractivity contribution is -0.140. The van der Waals surface area contributed by atoms with Crippen LogP contribution in [0, 0.1) is 17.3 Å². The van der Waals surface area contributed by atoms with Crippen molar-refractivity contribution >= 4 is 29.3 Å². The Kier molecular flexibility index (Phi) is 11.7. The van der Waals surface area contributed by atoms with E-state index in [1.165, 1.54) is 13.1 Å². The molecule has 1 rings (SSSR count). The average Bonchev–Trinajstić information content (AvgIpc) is 2.77. The number of hydrogen-bond acceptors (Lipinski definition) is 5. The fourth-order valence-corrected chi connectivity index (χ4v) is 4.00. The molecular weight excluding hydrogens is 501 g/mol. The second kappa shape index (κ2) is 13.3. The molecule has 0 heterocycles. The van der Waals surface area contributed by atoms with Gasteiger partial charge in [-0.05, 0) is 48.4 Å². The van der Waals surface area contributed by atoms with Crippen molar-refractivity contribution in [1.82, 2.24) is 21.4 Å². The Labute approximate surface area is 214 Å². The maximum atomic E-state index is 13.3. The third-order valence-corrected chi connectivity index (χ3v) is 5.96. The summed E-state index contributed by atoms with van der Waals surface area (Å²) >= 11 is 5.67. The topological polar surface area (TPSA) is 120 Å². The molecule has 5 N–H and O–H groups in total. The lowest BCUT2D eigenvalue weighted by Crippen LogP contribution is -2.58. The summed E-state index contributed by atoms with van der Waals surface area (Å²) in [5.74, 6) is -2.87. The van der Waals surface area contributed by atoms with Gasteiger partial charge < -0.3 is 16.0 Å². The standard InChI is InChI=1S/C24H36ClF3N4O4/c1-13(2)11-15(20(33)31-19(22(35)29-6)23(3,4)5)18(21(34)32-36)30-10-9-14-7-8-17(25)16(12-14)24(26,27)28/h7-8,12-13,15,18-19,30,36H,9-11H2,1-6H3,(H,29,35)(H,31,33)(H,32,34)/t15-,18+,19-/m1/s1. The Hall–Kier alpha value is -2.37. The summed E-state index contributed by atoms with van der Waals surface area (Å²) in [6.07, 6.45) is -4.29. The third-order valence-electron chi connectivity index (χ3n) is 5.63. The predicted molar refractivity (Wildman–Crippen MR) is 130 cm³/mol. The Balaban J connectivity index is 3.15. The number of carbonyl (C=O) groups excluding carboxylic acids is 3. The Morgan fingerprint density at radius 2 is 1.67 bits per heavy atom. The van der Waals surface area contributed by atoms with E-state index in [0.717, 1.165) is 12.1 Å². The quantitative estimate of drug-likeness (QED) is 0.220. The first kappa shape index (κ1) is 31.7. The monoisotopic (exact) mass is 536 g/mol. The Morgan fingerprint density at radius 1 is 1.06 bits per heavy atom. The molecule has 0 radical (unpaired) electrons. The predicted octanol–water partition coefficient (Wildman–Crippen LogP) is 3.30. The summed E-state index contributed by atoms with van der Waals surface area (Å²) in [5.41, 5.74) is 0.268. The number of alkyl halides is 3. The van der Waals surface area contributed by atoms with Crippen molar-refractivity contribution in [2.45, 2.75) is 65.7 Å². The van der Waals surface area contributed by atoms with Crippen molar-refractivity contribution in [1.29, 1.82) is 0 Å². The molecular formula is C24H36ClF3N4O4. The van der Waals surface area contributed by atoms with Crippen LogP contribution in [0.1, 0.15) is 52.2 Å². The molecule has 3 atom stereocenters. The normalized spacial score (nSPS) is 14.7. The largest absolute Gasteiger partial charge is 0.417 e. The average molecular weight is 537 g/mol. The highest BCUT2D eigenvalue weighted by Crippen LogP contribution is 2.35. The van der Waals surface area contributed by atoms with E-state index < -0.39 is 57.9 Å². The second-order valence-electron chi connectivity index (χ2n) is 10.1. The minimum Gasteiger partial charge on any atom is -0.357 e. The van der Waals surface area contributed by atoms with E-state index >= 15 is 0 Å². The fraction of sp³-hybridized carbons (Fsp3) is 0.625. The highest BCUT2D eigenvalue weighted by Gasteiger charge is 2.39. The smallest absolute Gasteiger partial charge is 0.357 e. The van der Waals surface area contributed by atoms with Crippen LogP contribution in [0.5, 0.6) is 0 Å². The number of carbonyl (C=O) groups is 3. The van der Waals surface area contributed by atoms with Gasteiger partial charge in [0.25, 0.3) is 5.91 Å². The van der Waals surface area contributed by atoms with Gasteiger partial charge in [-0.1, -0.05) is 52.3 Å². The van der Waals surface area contributed by atoms with E-state index in [1.54, 1.807) is 26.3 Å². The molecule has 0 saturated carbocycles. The fourth-order valence-electron chi connectivity index (χ4n) is 3.78. The van der Waals surface area contributed by atoms with Crippen LogP contribution >= 0.6 is 11.6 Å². The molecule has 0 bridgehead atoms. The van der Waals surface area contributed by atoms with E-state index in [2.05, 4.69) is 16.0 Å². The minimum atomic E-state index is -4.62. The number of nitrogens with one attached hydrogen (secondary N) is 4. The summed E-state index contributed by atoms with van der Waals surface area (Å²) in [4.78, 5) is 38.2. The van der Waals surface area contributed by atoms with E-state index in [9.17, 15) is 32.8 Å². The third kappa shape index (κ3) is 9.25. The Morgan fingerprint density at radius 3 is 2.14 bits per heavy atom. The number of benzene rings is 1. The molecule has 36 heavy (non-hydrogen) atoms. The summed E-state index contributed by atoms with van der Waals surface area (Å²) in [6.45, 7) is 9.06. The number of rotatable bonds is 11. The van der Waals surface area contributed by atoms with Crippen molar-refractivity contribution in [2.24, 2.45) is 17.3 Å². The molecule has 12 heteroatoms. The number of hydrogen-bond donors (Lipinski definition) is 5. The molecule has 0 aromatic heterocycles. The van der Waals surface area contributed by atoms with Gasteiger partial charge in [-0.25, -0.2) is 5.48 Å². The van der Waals surface area contributed by atoms with E-state index in [0.29, 0.717) is 5.56 Å². The SMILES string of the molecule is CNC(=O)[C@@H](NC(=O)[C@H](CC(C)C)[C@H](NCCc1ccc(Cl)c(C(F)(F)F)c1)C(=O)NO)C(C)(C)C. The van der Waals surface area contributed by atoms with Gasteiger partial charge in [-0.3, -0.25) is 19.6 Å². The first-order valence-corrected chi connectivity index (χ1v) is 12.0. The van der Waals surface area contributed by atoms with E-state index in [-0.39, 0.29) is 25.3 Å². The van der Waals surface area contributed by atoms with Crippen LogP contribution in [0.15, 0.2) is 18.2 Å². The van der Waals surface area contributed by atoms with Gasteiger partial charge in [0.15, 0.2) is 0 Å². The van der Waals surface area contributed by atoms with Crippen LogP contribution in [0.3, 0.4) is 0 Å². The van der Waals surface area contributed by atoms with Gasteiger partial charge in [-0.15, -0.1) is 0 Å². The van der Waals surface area contributed by atoms with E-state index in [4.69, 9.17) is 11.6 Å². The van der Waals surface area contributed by atoms with Crippen LogP contribution < -0.4 is 21.4 Å². The summed E-state index contributed by atoms with van der Waals surface area (Å²) in [6, 6.07) is 1.42. The molecule has 0 fully saturated rings. The zero-order chi connectivity index (χ0) is 27.8. The van der Waals surface area contributed by atoms with Crippen molar-refractivity contribution in [3.05, 3.63) is 34.3 Å². The number of hydroxylamine groups is 1. The van der Waals surface area contributed by atoms with E-state index in [1.807, 2.05) is 13.8 Å². The van der Waals surface area contributed by atoms with Crippen LogP contribution in [0.4, 0.5) is 13.2 Å². The van der Waals surface area contributed by atoms with Gasteiger partial charge in [0.05, 0.1) is 16.5 Å². The molecule has 0 unspecified atom stereocenters. The zero-order valence-electron chi connectivity index (χ0n) is 21.3. The molecule has 0 aliphatic heterocycles. The molecule has 204 valence electrons. The van der Waals surface area contributed by atoms with Crippen LogP contribution in [-0.4, -0.2) is 48.6 Å². The summed E-state index contributed by atoms with van der Waals surface area (Å²) < 4.78 is 39.5. The van der Waals surface area contributed by atoms with Gasteiger partial charge in [0.2, 0.25) is 11.8 Å². The summed E-state index contributed by atoms with van der Waals surface area (Å²) in [7, 11) is 1.45. The lowest BCUT2D eigenvalue weighted by atomic mass is 9.84. The molecule has 0 spiro atoms. The number of halogens is 4. The van der Waals surface area contributed by atoms with Gasteiger partial charge >= 0.3 is 6.18 Å². The van der Waals surface area contributed by atoms with Gasteiger partial charge in [0, 0.05) is 7.05 Å². The van der Waals surface area contributed by atoms with Crippen molar-refractivity contribution in [2.75, 3.05) is 13.6 Å². The number of amides is 3. The molecule has 0 aliphatic carbocycles. The Bertz CT molecular complexity index is 920. The maximum Gasteiger partial charge on any atom is 0.417 e. The molecule has 0 aliphatic rings. The molecule has 1 aromatic carbocycles. The van der Waals surface area contributed by atoms with Gasteiger partial charge in [0.1, 0.15) is 12.1 Å². The van der Waals surface area contributed by atoms with Crippen LogP contribution in [-0.2, 0) is 27.0 Å². The van der Waals surface area contributed by atoms with Crippen molar-refractivity contribution in [3.8, 4) is 0 Å². The van der Waals surface area contributed by atoms with Crippen molar-refractivity contribution in [3.63, 3.8) is 0 Å². The highest BCUT2D eigenvalue weighted by molar-refractivity contribution is 6.31. The van der Waals surface area contributed by atoms with Crippen LogP contribution in [0.25, 0.3) is 0 Å². The first-order chi connectivity index (χ1) is 16.5. The second-order valence-corrected chi connectivity index (χ2v) is 10.5. The lowest BCUT2D eigenvalue weighted by Gasteiger charge is -2.33. The minimum absolute atomic E-state index is 0.0248. The van der Waals surface area contributed by atoms with Crippen LogP contribution in [0.2, 0.25) is 5.02 Å². The molecule has 3 amide bonds. The van der Waals surface area contributed by atoms with Crippen molar-refractivity contribution < 1.29 is 32.8 Å².